The first-order valence-corrected chi connectivity index (χ1v) is 8.31. The molecule has 0 atom stereocenters. The third-order valence-electron chi connectivity index (χ3n) is 3.78. The summed E-state index contributed by atoms with van der Waals surface area (Å²) in [6, 6.07) is 20.6. The number of ether oxygens (including phenoxy) is 1. The number of anilines is 2. The van der Waals surface area contributed by atoms with Gasteiger partial charge in [0.15, 0.2) is 5.69 Å². The van der Waals surface area contributed by atoms with Crippen LogP contribution in [0.1, 0.15) is 16.1 Å². The molecule has 3 rings (SSSR count). The third-order valence-corrected chi connectivity index (χ3v) is 3.78. The van der Waals surface area contributed by atoms with E-state index >= 15 is 0 Å². The highest BCUT2D eigenvalue weighted by Crippen LogP contribution is 2.13. The normalized spacial score (nSPS) is 10.2. The number of rotatable bonds is 7. The fourth-order valence-corrected chi connectivity index (χ4v) is 2.43. The highest BCUT2D eigenvalue weighted by molar-refractivity contribution is 6.02. The maximum Gasteiger partial charge on any atom is 0.276 e. The summed E-state index contributed by atoms with van der Waals surface area (Å²) in [5, 5.41) is 14.0. The van der Waals surface area contributed by atoms with Crippen LogP contribution < -0.4 is 15.4 Å². The second-order valence-electron chi connectivity index (χ2n) is 5.65. The van der Waals surface area contributed by atoms with Crippen LogP contribution in [0.3, 0.4) is 0 Å². The summed E-state index contributed by atoms with van der Waals surface area (Å²) in [5.74, 6) is 1.19. The molecule has 2 aromatic carbocycles. The first-order chi connectivity index (χ1) is 12.7. The van der Waals surface area contributed by atoms with E-state index in [1.165, 1.54) is 5.56 Å². The zero-order valence-electron chi connectivity index (χ0n) is 14.5. The lowest BCUT2D eigenvalue weighted by atomic mass is 10.1. The zero-order chi connectivity index (χ0) is 18.2. The molecule has 2 N–H and O–H groups in total. The Morgan fingerprint density at radius 2 is 1.85 bits per heavy atom. The van der Waals surface area contributed by atoms with Gasteiger partial charge in [0.05, 0.1) is 7.11 Å². The Bertz CT molecular complexity index is 851. The Labute approximate surface area is 152 Å². The van der Waals surface area contributed by atoms with Crippen molar-refractivity contribution in [1.29, 1.82) is 0 Å². The molecule has 1 aromatic heterocycles. The van der Waals surface area contributed by atoms with Crippen LogP contribution in [-0.2, 0) is 6.42 Å². The molecular formula is C20H20N4O2. The van der Waals surface area contributed by atoms with E-state index in [1.807, 2.05) is 54.6 Å². The van der Waals surface area contributed by atoms with E-state index < -0.39 is 0 Å². The minimum absolute atomic E-state index is 0.271. The van der Waals surface area contributed by atoms with E-state index in [1.54, 1.807) is 19.2 Å². The molecule has 132 valence electrons. The molecule has 6 heteroatoms. The zero-order valence-corrected chi connectivity index (χ0v) is 14.5. The van der Waals surface area contributed by atoms with Crippen LogP contribution in [0.2, 0.25) is 0 Å². The molecule has 1 amide bonds. The van der Waals surface area contributed by atoms with Crippen LogP contribution in [-0.4, -0.2) is 29.8 Å². The predicted molar refractivity (Wildman–Crippen MR) is 102 cm³/mol. The smallest absolute Gasteiger partial charge is 0.276 e. The molecule has 1 heterocycles. The lowest BCUT2D eigenvalue weighted by Crippen LogP contribution is -2.15. The van der Waals surface area contributed by atoms with E-state index in [9.17, 15) is 4.79 Å². The molecule has 0 spiro atoms. The third kappa shape index (κ3) is 4.80. The Balaban J connectivity index is 1.51. The topological polar surface area (TPSA) is 76.1 Å². The summed E-state index contributed by atoms with van der Waals surface area (Å²) < 4.78 is 5.22. The number of amides is 1. The summed E-state index contributed by atoms with van der Waals surface area (Å²) in [6.07, 6.45) is 0.828. The number of nitrogens with zero attached hydrogens (tertiary/aromatic N) is 2. The fourth-order valence-electron chi connectivity index (χ4n) is 2.43. The van der Waals surface area contributed by atoms with Crippen LogP contribution in [0.4, 0.5) is 11.5 Å². The van der Waals surface area contributed by atoms with Crippen molar-refractivity contribution in [3.63, 3.8) is 0 Å². The quantitative estimate of drug-likeness (QED) is 0.684. The van der Waals surface area contributed by atoms with Gasteiger partial charge in [-0.1, -0.05) is 30.3 Å². The second-order valence-corrected chi connectivity index (χ2v) is 5.65. The van der Waals surface area contributed by atoms with Gasteiger partial charge in [0.1, 0.15) is 11.6 Å². The van der Waals surface area contributed by atoms with Crippen LogP contribution in [0.5, 0.6) is 5.75 Å². The molecule has 0 radical (unpaired) electrons. The Morgan fingerprint density at radius 3 is 2.58 bits per heavy atom. The summed E-state index contributed by atoms with van der Waals surface area (Å²) in [7, 11) is 1.66. The average molecular weight is 348 g/mol. The van der Waals surface area contributed by atoms with Crippen molar-refractivity contribution in [2.24, 2.45) is 0 Å². The maximum atomic E-state index is 12.1. The summed E-state index contributed by atoms with van der Waals surface area (Å²) >= 11 is 0. The number of nitrogens with one attached hydrogen (secondary N) is 2. The van der Waals surface area contributed by atoms with Gasteiger partial charge in [0, 0.05) is 12.2 Å². The molecule has 0 saturated carbocycles. The minimum Gasteiger partial charge on any atom is -0.497 e. The van der Waals surface area contributed by atoms with Crippen molar-refractivity contribution < 1.29 is 9.53 Å². The molecule has 0 saturated heterocycles. The molecule has 26 heavy (non-hydrogen) atoms. The number of benzene rings is 2. The van der Waals surface area contributed by atoms with E-state index in [4.69, 9.17) is 4.74 Å². The van der Waals surface area contributed by atoms with E-state index in [0.29, 0.717) is 12.4 Å². The molecule has 6 nitrogen and oxygen atoms in total. The van der Waals surface area contributed by atoms with Crippen LogP contribution >= 0.6 is 0 Å². The van der Waals surface area contributed by atoms with Gasteiger partial charge >= 0.3 is 0 Å². The predicted octanol–water partition coefficient (Wildman–Crippen LogP) is 3.39. The Kier molecular flexibility index (Phi) is 5.77. The van der Waals surface area contributed by atoms with Gasteiger partial charge in [-0.15, -0.1) is 10.2 Å². The summed E-state index contributed by atoms with van der Waals surface area (Å²) in [5.41, 5.74) is 2.16. The van der Waals surface area contributed by atoms with E-state index in [-0.39, 0.29) is 11.6 Å². The fraction of sp³-hybridized carbons (Fsp3) is 0.150. The molecule has 0 aliphatic carbocycles. The van der Waals surface area contributed by atoms with E-state index in [0.717, 1.165) is 17.9 Å². The largest absolute Gasteiger partial charge is 0.497 e. The minimum atomic E-state index is -0.286. The number of carbonyl (C=O) groups is 1. The van der Waals surface area contributed by atoms with Gasteiger partial charge in [-0.3, -0.25) is 4.79 Å². The van der Waals surface area contributed by atoms with Gasteiger partial charge < -0.3 is 15.4 Å². The molecule has 0 unspecified atom stereocenters. The second kappa shape index (κ2) is 8.62. The summed E-state index contributed by atoms with van der Waals surface area (Å²) in [6.45, 7) is 0.706. The van der Waals surface area contributed by atoms with Crippen LogP contribution in [0.25, 0.3) is 0 Å². The molecule has 0 aliphatic heterocycles. The van der Waals surface area contributed by atoms with E-state index in [2.05, 4.69) is 20.8 Å². The van der Waals surface area contributed by atoms with Crippen molar-refractivity contribution in [1.82, 2.24) is 10.2 Å². The average Bonchev–Trinajstić information content (AvgIpc) is 2.69. The highest BCUT2D eigenvalue weighted by Gasteiger charge is 2.08. The first-order valence-electron chi connectivity index (χ1n) is 8.31. The highest BCUT2D eigenvalue weighted by atomic mass is 16.5. The number of para-hydroxylation sites is 1. The van der Waals surface area contributed by atoms with Crippen molar-refractivity contribution >= 4 is 17.4 Å². The van der Waals surface area contributed by atoms with Crippen molar-refractivity contribution in [2.75, 3.05) is 24.3 Å². The molecule has 3 aromatic rings. The number of hydrogen-bond acceptors (Lipinski definition) is 5. The Hall–Kier alpha value is -3.41. The monoisotopic (exact) mass is 348 g/mol. The SMILES string of the molecule is COc1cccc(CCNc2ccc(C(=O)Nc3ccccc3)nn2)c1. The van der Waals surface area contributed by atoms with Gasteiger partial charge in [-0.25, -0.2) is 0 Å². The lowest BCUT2D eigenvalue weighted by Gasteiger charge is -2.07. The number of hydrogen-bond donors (Lipinski definition) is 2. The first kappa shape index (κ1) is 17.4. The standard InChI is InChI=1S/C20H20N4O2/c1-26-17-9-5-6-15(14-17)12-13-21-19-11-10-18(23-24-19)20(25)22-16-7-3-2-4-8-16/h2-11,14H,12-13H2,1H3,(H,21,24)(H,22,25). The van der Waals surface area contributed by atoms with Crippen molar-refractivity contribution in [2.45, 2.75) is 6.42 Å². The van der Waals surface area contributed by atoms with Gasteiger partial charge in [0.2, 0.25) is 0 Å². The van der Waals surface area contributed by atoms with Crippen LogP contribution in [0.15, 0.2) is 66.7 Å². The Morgan fingerprint density at radius 1 is 1.00 bits per heavy atom. The summed E-state index contributed by atoms with van der Waals surface area (Å²) in [4.78, 5) is 12.1. The van der Waals surface area contributed by atoms with Crippen molar-refractivity contribution in [3.8, 4) is 5.75 Å². The molecular weight excluding hydrogens is 328 g/mol. The number of aromatic nitrogens is 2. The van der Waals surface area contributed by atoms with Crippen molar-refractivity contribution in [3.05, 3.63) is 78.0 Å². The number of carbonyl (C=O) groups excluding carboxylic acids is 1. The van der Waals surface area contributed by atoms with Gasteiger partial charge in [-0.2, -0.15) is 0 Å². The molecule has 0 bridgehead atoms. The number of methoxy groups -OCH3 is 1. The molecule has 0 fully saturated rings. The van der Waals surface area contributed by atoms with Crippen LogP contribution in [0, 0.1) is 0 Å². The van der Waals surface area contributed by atoms with Gasteiger partial charge in [-0.05, 0) is 48.4 Å². The van der Waals surface area contributed by atoms with Gasteiger partial charge in [0.25, 0.3) is 5.91 Å². The lowest BCUT2D eigenvalue weighted by molar-refractivity contribution is 0.102. The maximum absolute atomic E-state index is 12.1. The molecule has 0 aliphatic rings.